The Morgan fingerprint density at radius 1 is 0.971 bits per heavy atom. The smallest absolute Gasteiger partial charge is 0.401 e. The summed E-state index contributed by atoms with van der Waals surface area (Å²) in [6.07, 6.45) is -4.20. The fraction of sp³-hybridized carbons (Fsp3) is 0.308. The van der Waals surface area contributed by atoms with Gasteiger partial charge in [-0.1, -0.05) is 24.3 Å². The molecule has 34 heavy (non-hydrogen) atoms. The minimum absolute atomic E-state index is 0.113. The Morgan fingerprint density at radius 3 is 2.44 bits per heavy atom. The van der Waals surface area contributed by atoms with E-state index in [1.807, 2.05) is 55.5 Å². The van der Waals surface area contributed by atoms with Crippen molar-refractivity contribution in [1.29, 1.82) is 0 Å². The first-order valence-electron chi connectivity index (χ1n) is 11.2. The Morgan fingerprint density at radius 2 is 1.71 bits per heavy atom. The Hall–Kier alpha value is -3.39. The Bertz CT molecular complexity index is 1390. The van der Waals surface area contributed by atoms with E-state index in [1.54, 1.807) is 6.92 Å². The third kappa shape index (κ3) is 4.14. The molecule has 0 saturated carbocycles. The second-order valence-corrected chi connectivity index (χ2v) is 8.74. The number of hydrogen-bond donors (Lipinski definition) is 0. The lowest BCUT2D eigenvalue weighted by molar-refractivity contribution is -0.146. The van der Waals surface area contributed by atoms with E-state index in [0.29, 0.717) is 65.4 Å². The first-order valence-corrected chi connectivity index (χ1v) is 11.2. The van der Waals surface area contributed by atoms with Crippen LogP contribution in [0.3, 0.4) is 0 Å². The minimum atomic E-state index is -4.20. The molecule has 0 aromatic heterocycles. The van der Waals surface area contributed by atoms with Gasteiger partial charge in [-0.05, 0) is 49.2 Å². The first-order chi connectivity index (χ1) is 16.2. The third-order valence-electron chi connectivity index (χ3n) is 6.51. The SMILES string of the molecule is Cc1c2nc3ccccc3oc-2c(-c2cccc(N3CCN(CC(F)(F)F)CC3)c2)c(=O)c1C. The van der Waals surface area contributed by atoms with Gasteiger partial charge in [-0.3, -0.25) is 9.69 Å². The van der Waals surface area contributed by atoms with Gasteiger partial charge >= 0.3 is 6.18 Å². The lowest BCUT2D eigenvalue weighted by Crippen LogP contribution is -2.49. The number of benzene rings is 3. The molecule has 0 radical (unpaired) electrons. The number of fused-ring (bicyclic) bond motifs is 2. The predicted molar refractivity (Wildman–Crippen MR) is 127 cm³/mol. The lowest BCUT2D eigenvalue weighted by Gasteiger charge is -2.36. The lowest BCUT2D eigenvalue weighted by atomic mass is 9.93. The van der Waals surface area contributed by atoms with Crippen LogP contribution in [0, 0.1) is 13.8 Å². The molecule has 0 N–H and O–H groups in total. The van der Waals surface area contributed by atoms with Crippen LogP contribution in [0.1, 0.15) is 11.1 Å². The molecule has 2 heterocycles. The molecule has 1 saturated heterocycles. The maximum absolute atomic E-state index is 13.4. The van der Waals surface area contributed by atoms with Crippen molar-refractivity contribution < 1.29 is 17.6 Å². The van der Waals surface area contributed by atoms with Crippen molar-refractivity contribution in [3.8, 4) is 22.6 Å². The average molecular weight is 467 g/mol. The standard InChI is InChI=1S/C26H24F3N3O2/c1-16-17(2)24(33)22(25-23(16)30-20-8-3-4-9-21(20)34-25)18-6-5-7-19(14-18)32-12-10-31(11-13-32)15-26(27,28)29/h3-9,14H,10-13,15H2,1-2H3. The zero-order valence-corrected chi connectivity index (χ0v) is 18.9. The van der Waals surface area contributed by atoms with Crippen molar-refractivity contribution >= 4 is 16.8 Å². The highest BCUT2D eigenvalue weighted by Gasteiger charge is 2.32. The van der Waals surface area contributed by atoms with Gasteiger partial charge in [0.1, 0.15) is 11.2 Å². The molecule has 0 spiro atoms. The van der Waals surface area contributed by atoms with Gasteiger partial charge in [0.2, 0.25) is 0 Å². The van der Waals surface area contributed by atoms with E-state index in [9.17, 15) is 18.0 Å². The average Bonchev–Trinajstić information content (AvgIpc) is 2.82. The molecular formula is C26H24F3N3O2. The van der Waals surface area contributed by atoms with Gasteiger partial charge in [0.15, 0.2) is 16.8 Å². The molecule has 0 unspecified atom stereocenters. The Labute approximate surface area is 194 Å². The van der Waals surface area contributed by atoms with Gasteiger partial charge in [-0.25, -0.2) is 4.98 Å². The molecule has 0 amide bonds. The number of rotatable bonds is 3. The van der Waals surface area contributed by atoms with Crippen LogP contribution in [0.15, 0.2) is 57.7 Å². The molecule has 8 heteroatoms. The van der Waals surface area contributed by atoms with E-state index in [4.69, 9.17) is 9.40 Å². The van der Waals surface area contributed by atoms with Crippen molar-refractivity contribution in [2.24, 2.45) is 0 Å². The highest BCUT2D eigenvalue weighted by Crippen LogP contribution is 2.37. The molecule has 1 aliphatic carbocycles. The monoisotopic (exact) mass is 467 g/mol. The summed E-state index contributed by atoms with van der Waals surface area (Å²) in [6, 6.07) is 15.0. The van der Waals surface area contributed by atoms with Crippen molar-refractivity contribution in [2.45, 2.75) is 20.0 Å². The normalized spacial score (nSPS) is 15.4. The van der Waals surface area contributed by atoms with Crippen molar-refractivity contribution in [2.75, 3.05) is 37.6 Å². The number of anilines is 1. The van der Waals surface area contributed by atoms with E-state index in [-0.39, 0.29) is 5.43 Å². The second-order valence-electron chi connectivity index (χ2n) is 8.74. The molecule has 5 rings (SSSR count). The van der Waals surface area contributed by atoms with Gasteiger partial charge in [0, 0.05) is 37.4 Å². The zero-order chi connectivity index (χ0) is 24.0. The summed E-state index contributed by atoms with van der Waals surface area (Å²) in [5, 5.41) is 0. The molecule has 2 aromatic rings. The van der Waals surface area contributed by atoms with E-state index in [0.717, 1.165) is 11.3 Å². The highest BCUT2D eigenvalue weighted by molar-refractivity contribution is 5.87. The van der Waals surface area contributed by atoms with Crippen LogP contribution < -0.4 is 10.3 Å². The largest absolute Gasteiger partial charge is 0.452 e. The van der Waals surface area contributed by atoms with Gasteiger partial charge in [-0.15, -0.1) is 0 Å². The fourth-order valence-electron chi connectivity index (χ4n) is 4.57. The third-order valence-corrected chi connectivity index (χ3v) is 6.51. The van der Waals surface area contributed by atoms with Gasteiger partial charge in [-0.2, -0.15) is 13.2 Å². The molecule has 2 aromatic carbocycles. The molecule has 0 atom stereocenters. The minimum Gasteiger partial charge on any atom is -0.452 e. The molecule has 2 aliphatic heterocycles. The summed E-state index contributed by atoms with van der Waals surface area (Å²) in [5.41, 5.74) is 5.27. The van der Waals surface area contributed by atoms with Crippen LogP contribution in [0.25, 0.3) is 33.7 Å². The Kier molecular flexibility index (Phi) is 5.56. The van der Waals surface area contributed by atoms with E-state index >= 15 is 0 Å². The number of halogens is 3. The van der Waals surface area contributed by atoms with Crippen molar-refractivity contribution in [3.63, 3.8) is 0 Å². The molecule has 1 fully saturated rings. The molecular weight excluding hydrogens is 443 g/mol. The van der Waals surface area contributed by atoms with E-state index in [2.05, 4.69) is 4.90 Å². The van der Waals surface area contributed by atoms with Gasteiger partial charge in [0.05, 0.1) is 12.1 Å². The number of alkyl halides is 3. The number of hydrogen-bond acceptors (Lipinski definition) is 5. The summed E-state index contributed by atoms with van der Waals surface area (Å²) < 4.78 is 44.4. The van der Waals surface area contributed by atoms with E-state index < -0.39 is 12.7 Å². The number of piperazine rings is 1. The molecule has 3 aliphatic rings. The maximum Gasteiger partial charge on any atom is 0.401 e. The first kappa shape index (κ1) is 22.4. The van der Waals surface area contributed by atoms with Gasteiger partial charge in [0.25, 0.3) is 0 Å². The Balaban J connectivity index is 1.55. The van der Waals surface area contributed by atoms with Crippen LogP contribution in [0.5, 0.6) is 0 Å². The summed E-state index contributed by atoms with van der Waals surface area (Å²) >= 11 is 0. The summed E-state index contributed by atoms with van der Waals surface area (Å²) in [7, 11) is 0. The van der Waals surface area contributed by atoms with Gasteiger partial charge < -0.3 is 9.32 Å². The fourth-order valence-corrected chi connectivity index (χ4v) is 4.57. The predicted octanol–water partition coefficient (Wildman–Crippen LogP) is 5.26. The molecule has 0 bridgehead atoms. The maximum atomic E-state index is 13.4. The van der Waals surface area contributed by atoms with Crippen LogP contribution >= 0.6 is 0 Å². The summed E-state index contributed by atoms with van der Waals surface area (Å²) in [4.78, 5) is 21.6. The molecule has 5 nitrogen and oxygen atoms in total. The zero-order valence-electron chi connectivity index (χ0n) is 18.9. The topological polar surface area (TPSA) is 49.6 Å². The number of nitrogens with zero attached hydrogens (tertiary/aromatic N) is 3. The number of aromatic nitrogens is 1. The van der Waals surface area contributed by atoms with Crippen LogP contribution in [0.4, 0.5) is 18.9 Å². The van der Waals surface area contributed by atoms with Crippen LogP contribution in [-0.2, 0) is 0 Å². The number of para-hydroxylation sites is 2. The van der Waals surface area contributed by atoms with E-state index in [1.165, 1.54) is 4.90 Å². The quantitative estimate of drug-likeness (QED) is 0.385. The van der Waals surface area contributed by atoms with Crippen molar-refractivity contribution in [3.05, 3.63) is 69.9 Å². The molecule has 176 valence electrons. The highest BCUT2D eigenvalue weighted by atomic mass is 19.4. The summed E-state index contributed by atoms with van der Waals surface area (Å²) in [5.74, 6) is 0.443. The summed E-state index contributed by atoms with van der Waals surface area (Å²) in [6.45, 7) is 4.39. The second kappa shape index (κ2) is 8.43. The van der Waals surface area contributed by atoms with Crippen LogP contribution in [0.2, 0.25) is 0 Å². The van der Waals surface area contributed by atoms with Crippen LogP contribution in [-0.4, -0.2) is 48.8 Å². The van der Waals surface area contributed by atoms with Crippen molar-refractivity contribution in [1.82, 2.24) is 9.88 Å².